The van der Waals surface area contributed by atoms with Crippen molar-refractivity contribution in [1.82, 2.24) is 20.5 Å². The molecule has 26 heavy (non-hydrogen) atoms. The number of hydrogen-bond acceptors (Lipinski definition) is 6. The summed E-state index contributed by atoms with van der Waals surface area (Å²) in [6.45, 7) is 0.110. The molecular weight excluding hydrogens is 334 g/mol. The van der Waals surface area contributed by atoms with Gasteiger partial charge in [0.1, 0.15) is 29.0 Å². The number of H-pyrrole nitrogens is 1. The number of nitrogens with zero attached hydrogens (tertiary/aromatic N) is 3. The highest BCUT2D eigenvalue weighted by atomic mass is 16.5. The van der Waals surface area contributed by atoms with Crippen LogP contribution in [0.4, 0.5) is 0 Å². The molecule has 2 N–H and O–H groups in total. The van der Waals surface area contributed by atoms with Crippen LogP contribution in [0.1, 0.15) is 11.6 Å². The second-order valence-corrected chi connectivity index (χ2v) is 5.20. The molecular formula is C18H15N5O3. The Bertz CT molecular complexity index is 950. The number of methoxy groups -OCH3 is 1. The first kappa shape index (κ1) is 17.0. The first-order valence-electron chi connectivity index (χ1n) is 7.69. The van der Waals surface area contributed by atoms with Crippen LogP contribution in [0.3, 0.4) is 0 Å². The summed E-state index contributed by atoms with van der Waals surface area (Å²) in [7, 11) is 1.60. The quantitative estimate of drug-likeness (QED) is 0.521. The van der Waals surface area contributed by atoms with E-state index in [-0.39, 0.29) is 12.1 Å². The standard InChI is InChI=1S/C18H15N5O3/c1-25-14-6-4-12(5-7-14)17-21-16(22-23-17)11-20-18(24)13(10-19)9-15-3-2-8-26-15/h2-9H,11H2,1H3,(H,20,24)(H,21,22,23)/b13-9-. The molecule has 8 heteroatoms. The van der Waals surface area contributed by atoms with Crippen LogP contribution in [-0.2, 0) is 11.3 Å². The van der Waals surface area contributed by atoms with Crippen LogP contribution in [0, 0.1) is 11.3 Å². The molecule has 3 rings (SSSR count). The summed E-state index contributed by atoms with van der Waals surface area (Å²) in [5, 5.41) is 18.6. The predicted molar refractivity (Wildman–Crippen MR) is 92.5 cm³/mol. The van der Waals surface area contributed by atoms with E-state index in [0.717, 1.165) is 11.3 Å². The third-order valence-corrected chi connectivity index (χ3v) is 3.49. The van der Waals surface area contributed by atoms with Gasteiger partial charge in [-0.15, -0.1) is 0 Å². The van der Waals surface area contributed by atoms with Crippen molar-refractivity contribution >= 4 is 12.0 Å². The Hall–Kier alpha value is -3.86. The van der Waals surface area contributed by atoms with Gasteiger partial charge in [0.25, 0.3) is 5.91 Å². The molecule has 2 heterocycles. The normalized spacial score (nSPS) is 11.0. The lowest BCUT2D eigenvalue weighted by atomic mass is 10.2. The van der Waals surface area contributed by atoms with Crippen LogP contribution in [-0.4, -0.2) is 28.2 Å². The van der Waals surface area contributed by atoms with Crippen LogP contribution >= 0.6 is 0 Å². The summed E-state index contributed by atoms with van der Waals surface area (Å²) in [4.78, 5) is 16.4. The van der Waals surface area contributed by atoms with Crippen LogP contribution in [0.2, 0.25) is 0 Å². The monoisotopic (exact) mass is 349 g/mol. The molecule has 1 aromatic carbocycles. The molecule has 0 radical (unpaired) electrons. The van der Waals surface area contributed by atoms with Gasteiger partial charge in [-0.05, 0) is 36.4 Å². The van der Waals surface area contributed by atoms with Gasteiger partial charge in [0, 0.05) is 11.6 Å². The van der Waals surface area contributed by atoms with Gasteiger partial charge in [-0.1, -0.05) is 0 Å². The molecule has 0 aliphatic heterocycles. The highest BCUT2D eigenvalue weighted by Crippen LogP contribution is 2.18. The fourth-order valence-corrected chi connectivity index (χ4v) is 2.17. The fourth-order valence-electron chi connectivity index (χ4n) is 2.17. The minimum absolute atomic E-state index is 0.0603. The smallest absolute Gasteiger partial charge is 0.262 e. The number of hydrogen-bond donors (Lipinski definition) is 2. The van der Waals surface area contributed by atoms with Crippen molar-refractivity contribution in [3.63, 3.8) is 0 Å². The summed E-state index contributed by atoms with van der Waals surface area (Å²) in [5.74, 6) is 1.62. The fraction of sp³-hybridized carbons (Fsp3) is 0.111. The zero-order chi connectivity index (χ0) is 18.4. The molecule has 0 aliphatic rings. The Morgan fingerprint density at radius 3 is 2.85 bits per heavy atom. The summed E-state index contributed by atoms with van der Waals surface area (Å²) in [6.07, 6.45) is 2.84. The average molecular weight is 349 g/mol. The SMILES string of the molecule is COc1ccc(-c2n[nH]c(CNC(=O)/C(C#N)=C\c3ccco3)n2)cc1. The number of amides is 1. The minimum atomic E-state index is -0.522. The van der Waals surface area contributed by atoms with E-state index in [1.165, 1.54) is 12.3 Å². The van der Waals surface area contributed by atoms with E-state index in [4.69, 9.17) is 14.4 Å². The lowest BCUT2D eigenvalue weighted by Gasteiger charge is -2.01. The van der Waals surface area contributed by atoms with Gasteiger partial charge in [-0.2, -0.15) is 10.4 Å². The van der Waals surface area contributed by atoms with E-state index < -0.39 is 5.91 Å². The molecule has 0 spiro atoms. The molecule has 0 fully saturated rings. The third kappa shape index (κ3) is 3.96. The number of carbonyl (C=O) groups excluding carboxylic acids is 1. The Morgan fingerprint density at radius 1 is 1.38 bits per heavy atom. The highest BCUT2D eigenvalue weighted by molar-refractivity contribution is 6.01. The lowest BCUT2D eigenvalue weighted by molar-refractivity contribution is -0.117. The highest BCUT2D eigenvalue weighted by Gasteiger charge is 2.12. The Balaban J connectivity index is 1.64. The molecule has 0 unspecified atom stereocenters. The van der Waals surface area contributed by atoms with Crippen LogP contribution in [0.5, 0.6) is 5.75 Å². The first-order valence-corrected chi connectivity index (χ1v) is 7.69. The van der Waals surface area contributed by atoms with E-state index in [2.05, 4.69) is 20.5 Å². The summed E-state index contributed by atoms with van der Waals surface area (Å²) in [5.41, 5.74) is 0.755. The molecule has 0 saturated carbocycles. The third-order valence-electron chi connectivity index (χ3n) is 3.49. The molecule has 130 valence electrons. The zero-order valence-corrected chi connectivity index (χ0v) is 13.9. The summed E-state index contributed by atoms with van der Waals surface area (Å²) >= 11 is 0. The number of aromatic amines is 1. The van der Waals surface area contributed by atoms with Crippen molar-refractivity contribution in [1.29, 1.82) is 5.26 Å². The number of carbonyl (C=O) groups is 1. The lowest BCUT2D eigenvalue weighted by Crippen LogP contribution is -2.24. The maximum absolute atomic E-state index is 12.1. The molecule has 1 amide bonds. The van der Waals surface area contributed by atoms with Crippen LogP contribution in [0.25, 0.3) is 17.5 Å². The molecule has 3 aromatic rings. The largest absolute Gasteiger partial charge is 0.497 e. The van der Waals surface area contributed by atoms with Gasteiger partial charge in [-0.25, -0.2) is 4.98 Å². The molecule has 0 aliphatic carbocycles. The zero-order valence-electron chi connectivity index (χ0n) is 13.9. The summed E-state index contributed by atoms with van der Waals surface area (Å²) in [6, 6.07) is 12.5. The Kier molecular flexibility index (Phi) is 5.10. The van der Waals surface area contributed by atoms with Crippen molar-refractivity contribution in [3.05, 3.63) is 59.8 Å². The number of aromatic nitrogens is 3. The van der Waals surface area contributed by atoms with Crippen molar-refractivity contribution in [2.24, 2.45) is 0 Å². The molecule has 0 atom stereocenters. The second kappa shape index (κ2) is 7.81. The number of furan rings is 1. The van der Waals surface area contributed by atoms with E-state index >= 15 is 0 Å². The number of ether oxygens (including phenoxy) is 1. The van der Waals surface area contributed by atoms with Crippen LogP contribution in [0.15, 0.2) is 52.7 Å². The maximum atomic E-state index is 12.1. The van der Waals surface area contributed by atoms with Crippen molar-refractivity contribution in [3.8, 4) is 23.2 Å². The topological polar surface area (TPSA) is 117 Å². The van der Waals surface area contributed by atoms with Gasteiger partial charge in [0.15, 0.2) is 5.82 Å². The van der Waals surface area contributed by atoms with Crippen molar-refractivity contribution in [2.45, 2.75) is 6.54 Å². The predicted octanol–water partition coefficient (Wildman–Crippen LogP) is 2.30. The van der Waals surface area contributed by atoms with Crippen molar-refractivity contribution in [2.75, 3.05) is 7.11 Å². The number of benzene rings is 1. The number of nitrogens with one attached hydrogen (secondary N) is 2. The maximum Gasteiger partial charge on any atom is 0.262 e. The molecule has 2 aromatic heterocycles. The molecule has 0 bridgehead atoms. The van der Waals surface area contributed by atoms with Gasteiger partial charge < -0.3 is 14.5 Å². The van der Waals surface area contributed by atoms with E-state index in [0.29, 0.717) is 17.4 Å². The average Bonchev–Trinajstić information content (AvgIpc) is 3.36. The van der Waals surface area contributed by atoms with Gasteiger partial charge in [0.2, 0.25) is 0 Å². The van der Waals surface area contributed by atoms with E-state index in [1.54, 1.807) is 19.2 Å². The van der Waals surface area contributed by atoms with Gasteiger partial charge in [0.05, 0.1) is 19.9 Å². The Morgan fingerprint density at radius 2 is 2.19 bits per heavy atom. The van der Waals surface area contributed by atoms with E-state index in [1.807, 2.05) is 30.3 Å². The first-order chi connectivity index (χ1) is 12.7. The molecule has 0 saturated heterocycles. The minimum Gasteiger partial charge on any atom is -0.497 e. The number of nitriles is 1. The number of rotatable bonds is 6. The Labute approximate surface area is 149 Å². The summed E-state index contributed by atoms with van der Waals surface area (Å²) < 4.78 is 10.2. The molecule has 8 nitrogen and oxygen atoms in total. The van der Waals surface area contributed by atoms with Gasteiger partial charge >= 0.3 is 0 Å². The van der Waals surface area contributed by atoms with Crippen molar-refractivity contribution < 1.29 is 13.9 Å². The van der Waals surface area contributed by atoms with Gasteiger partial charge in [-0.3, -0.25) is 9.89 Å². The second-order valence-electron chi connectivity index (χ2n) is 5.20. The van der Waals surface area contributed by atoms with E-state index in [9.17, 15) is 4.79 Å². The van der Waals surface area contributed by atoms with Crippen LogP contribution < -0.4 is 10.1 Å².